The zero-order valence-corrected chi connectivity index (χ0v) is 19.0. The number of aromatic nitrogens is 4. The van der Waals surface area contributed by atoms with Crippen LogP contribution in [0.25, 0.3) is 22.2 Å². The fraction of sp³-hybridized carbons (Fsp3) is 0.458. The Hall–Kier alpha value is -2.73. The minimum Gasteiger partial charge on any atom is -0.344 e. The SMILES string of the molecule is C=C(Nc1cc2nc(-c3cnn(C)c3)ccc2cn1)C1CCC(N)CC1.CC.CC. The van der Waals surface area contributed by atoms with Crippen molar-refractivity contribution in [1.29, 1.82) is 0 Å². The van der Waals surface area contributed by atoms with Crippen LogP contribution in [0.15, 0.2) is 49.1 Å². The first-order chi connectivity index (χ1) is 14.6. The lowest BCUT2D eigenvalue weighted by atomic mass is 9.85. The average molecular weight is 409 g/mol. The highest BCUT2D eigenvalue weighted by Crippen LogP contribution is 2.29. The van der Waals surface area contributed by atoms with Crippen LogP contribution in [0.3, 0.4) is 0 Å². The summed E-state index contributed by atoms with van der Waals surface area (Å²) in [4.78, 5) is 9.28. The molecule has 0 unspecified atom stereocenters. The molecule has 4 rings (SSSR count). The predicted molar refractivity (Wildman–Crippen MR) is 127 cm³/mol. The molecule has 1 fully saturated rings. The first-order valence-corrected chi connectivity index (χ1v) is 11.1. The van der Waals surface area contributed by atoms with Crippen molar-refractivity contribution in [3.05, 3.63) is 49.1 Å². The number of hydrogen-bond donors (Lipinski definition) is 2. The van der Waals surface area contributed by atoms with Crippen molar-refractivity contribution >= 4 is 16.7 Å². The molecule has 6 nitrogen and oxygen atoms in total. The molecule has 1 aliphatic carbocycles. The molecular weight excluding hydrogens is 372 g/mol. The third-order valence-corrected chi connectivity index (χ3v) is 5.13. The van der Waals surface area contributed by atoms with E-state index in [9.17, 15) is 0 Å². The van der Waals surface area contributed by atoms with Crippen LogP contribution in [0, 0.1) is 5.92 Å². The van der Waals surface area contributed by atoms with Crippen LogP contribution in [0.5, 0.6) is 0 Å². The Morgan fingerprint density at radius 2 is 1.80 bits per heavy atom. The summed E-state index contributed by atoms with van der Waals surface area (Å²) < 4.78 is 1.78. The van der Waals surface area contributed by atoms with Crippen molar-refractivity contribution in [2.45, 2.75) is 59.4 Å². The second-order valence-corrected chi connectivity index (χ2v) is 7.12. The van der Waals surface area contributed by atoms with Crippen LogP contribution >= 0.6 is 0 Å². The minimum absolute atomic E-state index is 0.341. The molecule has 0 bridgehead atoms. The molecule has 3 heterocycles. The van der Waals surface area contributed by atoms with Gasteiger partial charge in [-0.05, 0) is 43.7 Å². The number of nitrogens with zero attached hydrogens (tertiary/aromatic N) is 4. The number of aryl methyl sites for hydroxylation is 1. The molecule has 0 amide bonds. The zero-order valence-electron chi connectivity index (χ0n) is 19.0. The molecule has 3 N–H and O–H groups in total. The topological polar surface area (TPSA) is 81.7 Å². The molecule has 0 aliphatic heterocycles. The van der Waals surface area contributed by atoms with Gasteiger partial charge in [-0.25, -0.2) is 9.97 Å². The van der Waals surface area contributed by atoms with E-state index in [1.54, 1.807) is 4.68 Å². The van der Waals surface area contributed by atoms with E-state index in [0.29, 0.717) is 12.0 Å². The Balaban J connectivity index is 0.000000757. The maximum Gasteiger partial charge on any atom is 0.132 e. The largest absolute Gasteiger partial charge is 0.344 e. The molecule has 0 atom stereocenters. The van der Waals surface area contributed by atoms with Gasteiger partial charge in [0.1, 0.15) is 5.82 Å². The highest BCUT2D eigenvalue weighted by Gasteiger charge is 2.21. The van der Waals surface area contributed by atoms with E-state index in [4.69, 9.17) is 10.7 Å². The Labute approximate surface area is 180 Å². The Morgan fingerprint density at radius 3 is 2.43 bits per heavy atom. The van der Waals surface area contributed by atoms with Crippen molar-refractivity contribution in [3.8, 4) is 11.3 Å². The fourth-order valence-electron chi connectivity index (χ4n) is 3.53. The van der Waals surface area contributed by atoms with Gasteiger partial charge >= 0.3 is 0 Å². The fourth-order valence-corrected chi connectivity index (χ4v) is 3.53. The van der Waals surface area contributed by atoms with Crippen LogP contribution in [0.4, 0.5) is 5.82 Å². The molecule has 0 aromatic carbocycles. The molecule has 162 valence electrons. The van der Waals surface area contributed by atoms with Crippen LogP contribution in [0.2, 0.25) is 0 Å². The van der Waals surface area contributed by atoms with E-state index < -0.39 is 0 Å². The smallest absolute Gasteiger partial charge is 0.132 e. The van der Waals surface area contributed by atoms with Gasteiger partial charge < -0.3 is 11.1 Å². The van der Waals surface area contributed by atoms with E-state index in [1.807, 2.05) is 71.5 Å². The molecular formula is C24H36N6. The normalized spacial score (nSPS) is 17.9. The van der Waals surface area contributed by atoms with Crippen LogP contribution in [-0.2, 0) is 7.05 Å². The summed E-state index contributed by atoms with van der Waals surface area (Å²) in [5.41, 5.74) is 9.83. The summed E-state index contributed by atoms with van der Waals surface area (Å²) in [6.45, 7) is 12.2. The van der Waals surface area contributed by atoms with Crippen molar-refractivity contribution in [2.75, 3.05) is 5.32 Å². The Bertz CT molecular complexity index is 938. The first kappa shape index (κ1) is 23.5. The monoisotopic (exact) mass is 408 g/mol. The molecule has 3 aromatic heterocycles. The highest BCUT2D eigenvalue weighted by molar-refractivity contribution is 5.82. The highest BCUT2D eigenvalue weighted by atomic mass is 15.2. The van der Waals surface area contributed by atoms with Crippen molar-refractivity contribution in [1.82, 2.24) is 19.7 Å². The van der Waals surface area contributed by atoms with Gasteiger partial charge in [-0.1, -0.05) is 34.3 Å². The first-order valence-electron chi connectivity index (χ1n) is 11.1. The maximum absolute atomic E-state index is 6.00. The van der Waals surface area contributed by atoms with E-state index in [1.165, 1.54) is 0 Å². The third kappa shape index (κ3) is 5.89. The molecule has 30 heavy (non-hydrogen) atoms. The van der Waals surface area contributed by atoms with E-state index in [2.05, 4.69) is 22.0 Å². The second-order valence-electron chi connectivity index (χ2n) is 7.12. The number of hydrogen-bond acceptors (Lipinski definition) is 5. The summed E-state index contributed by atoms with van der Waals surface area (Å²) >= 11 is 0. The Kier molecular flexibility index (Phi) is 8.99. The molecule has 1 saturated carbocycles. The maximum atomic E-state index is 6.00. The number of anilines is 1. The third-order valence-electron chi connectivity index (χ3n) is 5.13. The molecule has 0 radical (unpaired) electrons. The van der Waals surface area contributed by atoms with Gasteiger partial charge in [0.2, 0.25) is 0 Å². The molecule has 6 heteroatoms. The summed E-state index contributed by atoms with van der Waals surface area (Å²) in [5, 5.41) is 8.61. The summed E-state index contributed by atoms with van der Waals surface area (Å²) in [5.74, 6) is 1.25. The lowest BCUT2D eigenvalue weighted by Gasteiger charge is -2.27. The van der Waals surface area contributed by atoms with Crippen molar-refractivity contribution < 1.29 is 0 Å². The lowest BCUT2D eigenvalue weighted by molar-refractivity contribution is 0.364. The molecule has 0 spiro atoms. The quantitative estimate of drug-likeness (QED) is 0.593. The van der Waals surface area contributed by atoms with Crippen LogP contribution < -0.4 is 11.1 Å². The number of allylic oxidation sites excluding steroid dienone is 1. The standard InChI is InChI=1S/C20H24N6.2C2H6/c1-13(14-3-6-17(21)7-4-14)24-20-9-19-15(10-22-20)5-8-18(25-19)16-11-23-26(2)12-16;2*1-2/h5,8-12,14,17H,1,3-4,6-7,21H2,2H3,(H,22,24);2*1-2H3. The second kappa shape index (κ2) is 11.5. The van der Waals surface area contributed by atoms with Crippen LogP contribution in [-0.4, -0.2) is 25.8 Å². The zero-order chi connectivity index (χ0) is 22.1. The van der Waals surface area contributed by atoms with E-state index in [-0.39, 0.29) is 0 Å². The number of nitrogens with two attached hydrogens (primary N) is 1. The minimum atomic E-state index is 0.341. The number of nitrogens with one attached hydrogen (secondary N) is 1. The van der Waals surface area contributed by atoms with Gasteiger partial charge in [-0.3, -0.25) is 4.68 Å². The van der Waals surface area contributed by atoms with E-state index >= 15 is 0 Å². The lowest BCUT2D eigenvalue weighted by Crippen LogP contribution is -2.28. The predicted octanol–water partition coefficient (Wildman–Crippen LogP) is 5.53. The number of pyridine rings is 2. The Morgan fingerprint density at radius 1 is 1.10 bits per heavy atom. The summed E-state index contributed by atoms with van der Waals surface area (Å²) in [7, 11) is 1.90. The number of rotatable bonds is 4. The molecule has 3 aromatic rings. The molecule has 0 saturated heterocycles. The van der Waals surface area contributed by atoms with Gasteiger partial charge in [0.15, 0.2) is 0 Å². The van der Waals surface area contributed by atoms with Gasteiger partial charge in [-0.2, -0.15) is 5.10 Å². The average Bonchev–Trinajstić information content (AvgIpc) is 3.23. The van der Waals surface area contributed by atoms with Gasteiger partial charge in [-0.15, -0.1) is 0 Å². The van der Waals surface area contributed by atoms with Gasteiger partial charge in [0, 0.05) is 48.2 Å². The summed E-state index contributed by atoms with van der Waals surface area (Å²) in [6, 6.07) is 6.36. The van der Waals surface area contributed by atoms with Gasteiger partial charge in [0.25, 0.3) is 0 Å². The molecule has 1 aliphatic rings. The van der Waals surface area contributed by atoms with Crippen molar-refractivity contribution in [2.24, 2.45) is 18.7 Å². The van der Waals surface area contributed by atoms with Gasteiger partial charge in [0.05, 0.1) is 17.4 Å². The van der Waals surface area contributed by atoms with E-state index in [0.717, 1.165) is 59.4 Å². The van der Waals surface area contributed by atoms with Crippen molar-refractivity contribution in [3.63, 3.8) is 0 Å². The van der Waals surface area contributed by atoms with Crippen LogP contribution in [0.1, 0.15) is 53.4 Å². The number of fused-ring (bicyclic) bond motifs is 1. The summed E-state index contributed by atoms with van der Waals surface area (Å²) in [6.07, 6.45) is 9.93.